The maximum absolute atomic E-state index is 14.1. The quantitative estimate of drug-likeness (QED) is 0.171. The number of carbonyl (C=O) groups is 1. The summed E-state index contributed by atoms with van der Waals surface area (Å²) in [6, 6.07) is 24.6. The molecule has 2 fully saturated rings. The minimum atomic E-state index is -0.145. The lowest BCUT2D eigenvalue weighted by molar-refractivity contribution is 0.0734. The van der Waals surface area contributed by atoms with E-state index in [4.69, 9.17) is 14.5 Å². The second-order valence-corrected chi connectivity index (χ2v) is 13.7. The van der Waals surface area contributed by atoms with E-state index < -0.39 is 0 Å². The first-order chi connectivity index (χ1) is 24.4. The molecule has 51 heavy (non-hydrogen) atoms. The summed E-state index contributed by atoms with van der Waals surface area (Å²) in [4.78, 5) is 26.3. The van der Waals surface area contributed by atoms with Gasteiger partial charge in [-0.1, -0.05) is 42.5 Å². The summed E-state index contributed by atoms with van der Waals surface area (Å²) in [7, 11) is 1.60. The van der Waals surface area contributed by atoms with Crippen molar-refractivity contribution in [2.24, 2.45) is 0 Å². The number of hydrogen-bond donors (Lipinski definition) is 0. The third-order valence-corrected chi connectivity index (χ3v) is 10.2. The molecule has 0 radical (unpaired) electrons. The molecule has 0 saturated carbocycles. The molecule has 2 aromatic heterocycles. The predicted molar refractivity (Wildman–Crippen MR) is 200 cm³/mol. The van der Waals surface area contributed by atoms with Crippen molar-refractivity contribution in [2.45, 2.75) is 51.2 Å². The van der Waals surface area contributed by atoms with Gasteiger partial charge in [0.05, 0.1) is 42.1 Å². The first-order valence-electron chi connectivity index (χ1n) is 17.7. The number of carbonyl (C=O) groups excluding carboxylic acids is 1. The summed E-state index contributed by atoms with van der Waals surface area (Å²) in [5, 5.41) is 11.5. The van der Waals surface area contributed by atoms with Crippen molar-refractivity contribution >= 4 is 35.3 Å². The zero-order valence-corrected chi connectivity index (χ0v) is 30.5. The molecular weight excluding hydrogens is 666 g/mol. The topological polar surface area (TPSA) is 107 Å². The molecule has 270 valence electrons. The summed E-state index contributed by atoms with van der Waals surface area (Å²) >= 11 is 0. The number of ether oxygens (including phenoxy) is 2. The van der Waals surface area contributed by atoms with E-state index in [-0.39, 0.29) is 29.8 Å². The van der Waals surface area contributed by atoms with E-state index in [0.717, 1.165) is 75.5 Å². The number of anilines is 1. The number of halogens is 1. The van der Waals surface area contributed by atoms with Crippen LogP contribution in [0.15, 0.2) is 79.1 Å². The molecule has 0 aliphatic carbocycles. The lowest BCUT2D eigenvalue weighted by Crippen LogP contribution is -2.39. The molecule has 1 unspecified atom stereocenters. The van der Waals surface area contributed by atoms with Gasteiger partial charge in [-0.15, -0.1) is 17.5 Å². The van der Waals surface area contributed by atoms with Gasteiger partial charge in [-0.2, -0.15) is 0 Å². The maximum Gasteiger partial charge on any atom is 0.257 e. The Morgan fingerprint density at radius 1 is 0.941 bits per heavy atom. The lowest BCUT2D eigenvalue weighted by atomic mass is 9.76. The van der Waals surface area contributed by atoms with Gasteiger partial charge in [0, 0.05) is 44.7 Å². The van der Waals surface area contributed by atoms with Gasteiger partial charge in [0.25, 0.3) is 5.91 Å². The number of rotatable bonds is 12. The standard InChI is InChI=1S/C38H47N9O3.ClH/c1-29(2)50-25-24-46-34-13-8-7-12-33(34)40-37(46)44-19-9-18-43(22-23-44)20-16-38(30-10-5-4-6-11-30)17-21-45(27-38)36(48)32-26-31(14-15-35(32)49-3)47-28-39-41-42-47;/h4-8,10-15,26,28-29H,9,16-25,27H2,1-3H3;1H. The van der Waals surface area contributed by atoms with Crippen LogP contribution in [0.2, 0.25) is 0 Å². The molecule has 3 aromatic carbocycles. The fraction of sp³-hybridized carbons (Fsp3) is 0.447. The second-order valence-electron chi connectivity index (χ2n) is 13.7. The number of imidazole rings is 1. The number of tetrazole rings is 1. The zero-order valence-electron chi connectivity index (χ0n) is 29.7. The molecule has 13 heteroatoms. The smallest absolute Gasteiger partial charge is 0.257 e. The van der Waals surface area contributed by atoms with Crippen LogP contribution in [0.1, 0.15) is 49.0 Å². The molecule has 0 N–H and O–H groups in total. The number of benzene rings is 3. The maximum atomic E-state index is 14.1. The van der Waals surface area contributed by atoms with Crippen molar-refractivity contribution in [3.05, 3.63) is 90.3 Å². The Balaban J connectivity index is 0.00000448. The molecule has 0 bridgehead atoms. The molecule has 0 spiro atoms. The van der Waals surface area contributed by atoms with Crippen molar-refractivity contribution in [3.63, 3.8) is 0 Å². The van der Waals surface area contributed by atoms with Gasteiger partial charge in [-0.25, -0.2) is 9.67 Å². The van der Waals surface area contributed by atoms with Crippen LogP contribution < -0.4 is 9.64 Å². The van der Waals surface area contributed by atoms with E-state index in [9.17, 15) is 4.79 Å². The SMILES string of the molecule is COc1ccc(-n2cnnn2)cc1C(=O)N1CCC(CCN2CCCN(c3nc4ccccc4n3CCOC(C)C)CC2)(c2ccccc2)C1.Cl. The Labute approximate surface area is 305 Å². The first kappa shape index (κ1) is 36.3. The number of hydrogen-bond acceptors (Lipinski definition) is 9. The van der Waals surface area contributed by atoms with E-state index in [0.29, 0.717) is 36.7 Å². The number of para-hydroxylation sites is 2. The van der Waals surface area contributed by atoms with Crippen molar-refractivity contribution in [2.75, 3.05) is 64.4 Å². The fourth-order valence-electron chi connectivity index (χ4n) is 7.55. The number of fused-ring (bicyclic) bond motifs is 1. The number of methoxy groups -OCH3 is 1. The van der Waals surface area contributed by atoms with Gasteiger partial charge in [-0.05, 0) is 92.5 Å². The number of amides is 1. The zero-order chi connectivity index (χ0) is 34.5. The summed E-state index contributed by atoms with van der Waals surface area (Å²) in [6.07, 6.45) is 4.65. The number of nitrogens with zero attached hydrogens (tertiary/aromatic N) is 9. The Hall–Kier alpha value is -4.52. The molecule has 7 rings (SSSR count). The summed E-state index contributed by atoms with van der Waals surface area (Å²) in [5.41, 5.74) is 4.55. The largest absolute Gasteiger partial charge is 0.496 e. The van der Waals surface area contributed by atoms with E-state index in [1.165, 1.54) is 11.9 Å². The summed E-state index contributed by atoms with van der Waals surface area (Å²) < 4.78 is 15.5. The van der Waals surface area contributed by atoms with E-state index in [1.807, 2.05) is 23.1 Å². The van der Waals surface area contributed by atoms with Crippen LogP contribution >= 0.6 is 12.4 Å². The Morgan fingerprint density at radius 3 is 2.55 bits per heavy atom. The van der Waals surface area contributed by atoms with E-state index in [2.05, 4.69) is 98.3 Å². The van der Waals surface area contributed by atoms with E-state index in [1.54, 1.807) is 11.8 Å². The Morgan fingerprint density at radius 2 is 1.76 bits per heavy atom. The highest BCUT2D eigenvalue weighted by Crippen LogP contribution is 2.39. The molecule has 5 aromatic rings. The third kappa shape index (κ3) is 7.88. The van der Waals surface area contributed by atoms with Crippen molar-refractivity contribution < 1.29 is 14.3 Å². The summed E-state index contributed by atoms with van der Waals surface area (Å²) in [6.45, 7) is 11.7. The third-order valence-electron chi connectivity index (χ3n) is 10.2. The van der Waals surface area contributed by atoms with Gasteiger partial charge >= 0.3 is 0 Å². The van der Waals surface area contributed by atoms with E-state index >= 15 is 0 Å². The highest BCUT2D eigenvalue weighted by molar-refractivity contribution is 5.98. The molecule has 12 nitrogen and oxygen atoms in total. The second kappa shape index (κ2) is 16.2. The molecule has 1 amide bonds. The number of likely N-dealkylation sites (tertiary alicyclic amines) is 1. The molecule has 2 aliphatic rings. The lowest BCUT2D eigenvalue weighted by Gasteiger charge is -2.33. The monoisotopic (exact) mass is 713 g/mol. The molecule has 4 heterocycles. The first-order valence-corrected chi connectivity index (χ1v) is 17.7. The minimum absolute atomic E-state index is 0. The van der Waals surface area contributed by atoms with Crippen LogP contribution in [0.5, 0.6) is 5.75 Å². The van der Waals surface area contributed by atoms with Gasteiger partial charge in [0.1, 0.15) is 12.1 Å². The Kier molecular flexibility index (Phi) is 11.5. The van der Waals surface area contributed by atoms with Gasteiger partial charge in [-0.3, -0.25) is 4.79 Å². The molecule has 1 atom stereocenters. The number of aromatic nitrogens is 6. The van der Waals surface area contributed by atoms with Crippen molar-refractivity contribution in [1.82, 2.24) is 39.6 Å². The van der Waals surface area contributed by atoms with Crippen LogP contribution in [0, 0.1) is 0 Å². The average Bonchev–Trinajstić information content (AvgIpc) is 3.88. The van der Waals surface area contributed by atoms with Crippen molar-refractivity contribution in [1.29, 1.82) is 0 Å². The normalized spacial score (nSPS) is 18.3. The van der Waals surface area contributed by atoms with Gasteiger partial charge in [0.2, 0.25) is 5.95 Å². The minimum Gasteiger partial charge on any atom is -0.496 e. The highest BCUT2D eigenvalue weighted by atomic mass is 35.5. The predicted octanol–water partition coefficient (Wildman–Crippen LogP) is 5.25. The molecular formula is C38H48ClN9O3. The van der Waals surface area contributed by atoms with Crippen LogP contribution in [-0.4, -0.2) is 111 Å². The van der Waals surface area contributed by atoms with Crippen LogP contribution in [0.4, 0.5) is 5.95 Å². The highest BCUT2D eigenvalue weighted by Gasteiger charge is 2.42. The molecule has 2 saturated heterocycles. The van der Waals surface area contributed by atoms with Gasteiger partial charge < -0.3 is 28.7 Å². The Bertz CT molecular complexity index is 1880. The average molecular weight is 714 g/mol. The summed E-state index contributed by atoms with van der Waals surface area (Å²) in [5.74, 6) is 1.53. The van der Waals surface area contributed by atoms with Crippen molar-refractivity contribution in [3.8, 4) is 11.4 Å². The van der Waals surface area contributed by atoms with Crippen LogP contribution in [0.3, 0.4) is 0 Å². The fourth-order valence-corrected chi connectivity index (χ4v) is 7.55. The molecule has 2 aliphatic heterocycles. The van der Waals surface area contributed by atoms with Gasteiger partial charge in [0.15, 0.2) is 0 Å². The van der Waals surface area contributed by atoms with Crippen LogP contribution in [-0.2, 0) is 16.7 Å². The van der Waals surface area contributed by atoms with Crippen LogP contribution in [0.25, 0.3) is 16.7 Å².